The van der Waals surface area contributed by atoms with Gasteiger partial charge in [0.1, 0.15) is 11.9 Å². The van der Waals surface area contributed by atoms with Gasteiger partial charge in [-0.05, 0) is 43.5 Å². The molecule has 0 unspecified atom stereocenters. The fourth-order valence-electron chi connectivity index (χ4n) is 4.52. The number of aliphatic hydroxyl groups excluding tert-OH is 1. The van der Waals surface area contributed by atoms with Gasteiger partial charge in [-0.25, -0.2) is 9.18 Å². The molecule has 1 aliphatic heterocycles. The van der Waals surface area contributed by atoms with Crippen molar-refractivity contribution in [2.45, 2.75) is 63.1 Å². The summed E-state index contributed by atoms with van der Waals surface area (Å²) >= 11 is 5.90. The van der Waals surface area contributed by atoms with E-state index in [-0.39, 0.29) is 35.3 Å². The van der Waals surface area contributed by atoms with Gasteiger partial charge in [-0.3, -0.25) is 9.59 Å². The van der Waals surface area contributed by atoms with Crippen molar-refractivity contribution in [3.05, 3.63) is 70.5 Å². The number of alkyl halides is 2. The van der Waals surface area contributed by atoms with Crippen LogP contribution in [0.3, 0.4) is 0 Å². The lowest BCUT2D eigenvalue weighted by Gasteiger charge is -2.29. The molecule has 1 heterocycles. The van der Waals surface area contributed by atoms with E-state index < -0.39 is 54.1 Å². The summed E-state index contributed by atoms with van der Waals surface area (Å²) in [6.07, 6.45) is -1.45. The van der Waals surface area contributed by atoms with Crippen LogP contribution in [0.4, 0.5) is 18.0 Å². The number of unbranched alkanes of at least 4 members (excludes halogenated alkanes) is 1. The maximum Gasteiger partial charge on any atom is 0.408 e. The first-order chi connectivity index (χ1) is 19.0. The van der Waals surface area contributed by atoms with Crippen LogP contribution in [0.15, 0.2) is 48.5 Å². The molecule has 40 heavy (non-hydrogen) atoms. The Morgan fingerprint density at radius 3 is 2.58 bits per heavy atom. The van der Waals surface area contributed by atoms with Crippen LogP contribution in [0.2, 0.25) is 5.02 Å². The molecule has 0 radical (unpaired) electrons. The SMILES string of the molecule is CCCC[C@H](NC(=O)O[C@@H](c1cccc(F)c1)C(F)(F)c1cccc(Cl)c1)C(=O)N[C@H](CO)C[C@@H]1CCNC1=O. The van der Waals surface area contributed by atoms with E-state index in [4.69, 9.17) is 16.3 Å². The van der Waals surface area contributed by atoms with E-state index in [9.17, 15) is 23.9 Å². The second-order valence-electron chi connectivity index (χ2n) is 9.71. The van der Waals surface area contributed by atoms with Crippen LogP contribution in [0.1, 0.15) is 56.3 Å². The fraction of sp³-hybridized carbons (Fsp3) is 0.464. The van der Waals surface area contributed by atoms with Crippen LogP contribution < -0.4 is 16.0 Å². The van der Waals surface area contributed by atoms with Gasteiger partial charge in [0.2, 0.25) is 11.8 Å². The first kappa shape index (κ1) is 31.2. The van der Waals surface area contributed by atoms with Gasteiger partial charge in [0.05, 0.1) is 12.6 Å². The molecule has 218 valence electrons. The van der Waals surface area contributed by atoms with Gasteiger partial charge in [-0.2, -0.15) is 8.78 Å². The Balaban J connectivity index is 1.78. The van der Waals surface area contributed by atoms with Gasteiger partial charge >= 0.3 is 12.0 Å². The molecule has 1 aliphatic rings. The van der Waals surface area contributed by atoms with E-state index >= 15 is 8.78 Å². The first-order valence-corrected chi connectivity index (χ1v) is 13.5. The number of carbonyl (C=O) groups excluding carboxylic acids is 3. The number of amides is 3. The summed E-state index contributed by atoms with van der Waals surface area (Å²) in [5, 5.41) is 17.5. The van der Waals surface area contributed by atoms with Crippen molar-refractivity contribution >= 4 is 29.5 Å². The predicted octanol–water partition coefficient (Wildman–Crippen LogP) is 4.60. The molecule has 2 aromatic rings. The number of ether oxygens (including phenoxy) is 1. The van der Waals surface area contributed by atoms with Gasteiger partial charge in [-0.15, -0.1) is 0 Å². The van der Waals surface area contributed by atoms with Crippen LogP contribution in [-0.2, 0) is 20.2 Å². The summed E-state index contributed by atoms with van der Waals surface area (Å²) in [5.41, 5.74) is -0.853. The van der Waals surface area contributed by atoms with E-state index in [1.54, 1.807) is 0 Å². The van der Waals surface area contributed by atoms with Gasteiger partial charge < -0.3 is 25.8 Å². The molecule has 4 N–H and O–H groups in total. The van der Waals surface area contributed by atoms with Crippen molar-refractivity contribution in [1.29, 1.82) is 0 Å². The second kappa shape index (κ2) is 14.4. The Morgan fingerprint density at radius 2 is 1.95 bits per heavy atom. The van der Waals surface area contributed by atoms with Crippen molar-refractivity contribution in [1.82, 2.24) is 16.0 Å². The summed E-state index contributed by atoms with van der Waals surface area (Å²) < 4.78 is 50.5. The number of hydrogen-bond acceptors (Lipinski definition) is 5. The van der Waals surface area contributed by atoms with Crippen molar-refractivity contribution in [3.8, 4) is 0 Å². The van der Waals surface area contributed by atoms with E-state index in [1.165, 1.54) is 24.3 Å². The highest BCUT2D eigenvalue weighted by molar-refractivity contribution is 6.30. The van der Waals surface area contributed by atoms with Gasteiger partial charge in [0.15, 0.2) is 6.10 Å². The molecule has 0 spiro atoms. The quantitative estimate of drug-likeness (QED) is 0.275. The lowest BCUT2D eigenvalue weighted by atomic mass is 9.97. The molecule has 2 aromatic carbocycles. The van der Waals surface area contributed by atoms with E-state index in [2.05, 4.69) is 16.0 Å². The molecule has 0 saturated carbocycles. The average Bonchev–Trinajstić information content (AvgIpc) is 3.32. The number of alkyl carbamates (subject to hydrolysis) is 1. The maximum absolute atomic E-state index is 15.7. The normalized spacial score (nSPS) is 17.4. The summed E-state index contributed by atoms with van der Waals surface area (Å²) in [7, 11) is 0. The molecule has 0 aromatic heterocycles. The molecule has 4 atom stereocenters. The number of carbonyl (C=O) groups is 3. The number of nitrogens with one attached hydrogen (secondary N) is 3. The summed E-state index contributed by atoms with van der Waals surface area (Å²) in [6, 6.07) is 7.23. The Bertz CT molecular complexity index is 1190. The molecule has 3 amide bonds. The summed E-state index contributed by atoms with van der Waals surface area (Å²) in [6.45, 7) is 1.94. The summed E-state index contributed by atoms with van der Waals surface area (Å²) in [5.74, 6) is -5.82. The summed E-state index contributed by atoms with van der Waals surface area (Å²) in [4.78, 5) is 37.9. The van der Waals surface area contributed by atoms with Crippen LogP contribution in [0.5, 0.6) is 0 Å². The highest BCUT2D eigenvalue weighted by Gasteiger charge is 2.46. The Hall–Kier alpha value is -3.31. The van der Waals surface area contributed by atoms with E-state index in [1.807, 2.05) is 6.92 Å². The number of halogens is 4. The second-order valence-corrected chi connectivity index (χ2v) is 10.1. The van der Waals surface area contributed by atoms with Crippen LogP contribution in [-0.4, -0.2) is 48.2 Å². The maximum atomic E-state index is 15.7. The van der Waals surface area contributed by atoms with Gasteiger partial charge in [0.25, 0.3) is 0 Å². The number of aliphatic hydroxyl groups is 1. The third-order valence-corrected chi connectivity index (χ3v) is 6.90. The average molecular weight is 584 g/mol. The van der Waals surface area contributed by atoms with E-state index in [0.717, 1.165) is 24.3 Å². The number of rotatable bonds is 13. The standard InChI is InChI=1S/C28H33ClF3N3O5/c1-2-3-10-23(26(38)34-22(16-36)14-18-11-12-33-25(18)37)35-27(39)40-24(17-6-4-9-21(30)13-17)28(31,32)19-7-5-8-20(29)15-19/h4-9,13,15,18,22-24,36H,2-3,10-12,14,16H2,1H3,(H,33,37)(H,34,38)(H,35,39)/t18-,22-,23-,24-/m0/s1. The smallest absolute Gasteiger partial charge is 0.408 e. The number of benzene rings is 2. The third kappa shape index (κ3) is 8.34. The van der Waals surface area contributed by atoms with Crippen molar-refractivity contribution in [2.75, 3.05) is 13.2 Å². The number of hydrogen-bond donors (Lipinski definition) is 4. The molecule has 12 heteroatoms. The highest BCUT2D eigenvalue weighted by Crippen LogP contribution is 2.43. The van der Waals surface area contributed by atoms with Gasteiger partial charge in [0, 0.05) is 28.6 Å². The molecule has 8 nitrogen and oxygen atoms in total. The zero-order chi connectivity index (χ0) is 29.3. The molecule has 0 aliphatic carbocycles. The fourth-order valence-corrected chi connectivity index (χ4v) is 4.71. The van der Waals surface area contributed by atoms with Crippen molar-refractivity contribution < 1.29 is 37.4 Å². The minimum absolute atomic E-state index is 0.0319. The van der Waals surface area contributed by atoms with Crippen molar-refractivity contribution in [3.63, 3.8) is 0 Å². The zero-order valence-electron chi connectivity index (χ0n) is 22.0. The Labute approximate surface area is 235 Å². The van der Waals surface area contributed by atoms with Gasteiger partial charge in [-0.1, -0.05) is 55.6 Å². The van der Waals surface area contributed by atoms with Crippen LogP contribution >= 0.6 is 11.6 Å². The zero-order valence-corrected chi connectivity index (χ0v) is 22.7. The minimum atomic E-state index is -3.82. The Morgan fingerprint density at radius 1 is 1.20 bits per heavy atom. The molecule has 3 rings (SSSR count). The highest BCUT2D eigenvalue weighted by atomic mass is 35.5. The lowest BCUT2D eigenvalue weighted by Crippen LogP contribution is -2.51. The van der Waals surface area contributed by atoms with E-state index in [0.29, 0.717) is 25.8 Å². The monoisotopic (exact) mass is 583 g/mol. The molecule has 0 bridgehead atoms. The molecule has 1 saturated heterocycles. The largest absolute Gasteiger partial charge is 0.434 e. The first-order valence-electron chi connectivity index (χ1n) is 13.1. The molecular formula is C28H33ClF3N3O5. The lowest BCUT2D eigenvalue weighted by molar-refractivity contribution is -0.128. The molecule has 1 fully saturated rings. The Kier molecular flexibility index (Phi) is 11.2. The van der Waals surface area contributed by atoms with Crippen molar-refractivity contribution in [2.24, 2.45) is 5.92 Å². The third-order valence-electron chi connectivity index (χ3n) is 6.67. The van der Waals surface area contributed by atoms with Crippen LogP contribution in [0, 0.1) is 11.7 Å². The predicted molar refractivity (Wildman–Crippen MR) is 142 cm³/mol. The topological polar surface area (TPSA) is 117 Å². The minimum Gasteiger partial charge on any atom is -0.434 e. The van der Waals surface area contributed by atoms with Crippen LogP contribution in [0.25, 0.3) is 0 Å². The molecular weight excluding hydrogens is 551 g/mol.